The Bertz CT molecular complexity index is 422. The first-order valence-electron chi connectivity index (χ1n) is 7.59. The van der Waals surface area contributed by atoms with Crippen molar-refractivity contribution in [3.05, 3.63) is 11.6 Å². The molecule has 120 valence electrons. The predicted octanol–water partition coefficient (Wildman–Crippen LogP) is 2.87. The molecule has 1 rings (SSSR count). The number of urea groups is 1. The van der Waals surface area contributed by atoms with Crippen molar-refractivity contribution in [2.45, 2.75) is 53.5 Å². The van der Waals surface area contributed by atoms with Crippen LogP contribution in [0.3, 0.4) is 0 Å². The summed E-state index contributed by atoms with van der Waals surface area (Å²) in [7, 11) is 0. The molecule has 0 saturated carbocycles. The third kappa shape index (κ3) is 5.40. The molecule has 1 atom stereocenters. The van der Waals surface area contributed by atoms with Gasteiger partial charge in [0, 0.05) is 13.1 Å². The molecule has 0 aliphatic carbocycles. The van der Waals surface area contributed by atoms with Crippen molar-refractivity contribution >= 4 is 12.0 Å². The summed E-state index contributed by atoms with van der Waals surface area (Å²) in [5.41, 5.74) is 1.48. The van der Waals surface area contributed by atoms with E-state index in [0.29, 0.717) is 19.5 Å². The van der Waals surface area contributed by atoms with E-state index in [2.05, 4.69) is 32.2 Å². The summed E-state index contributed by atoms with van der Waals surface area (Å²) in [6, 6.07) is -1.10. The van der Waals surface area contributed by atoms with Gasteiger partial charge in [-0.25, -0.2) is 9.59 Å². The summed E-state index contributed by atoms with van der Waals surface area (Å²) in [5, 5.41) is 11.8. The number of rotatable bonds is 4. The third-order valence-electron chi connectivity index (χ3n) is 3.76. The van der Waals surface area contributed by atoms with Gasteiger partial charge < -0.3 is 15.3 Å². The summed E-state index contributed by atoms with van der Waals surface area (Å²) in [6.07, 6.45) is 3.37. The Morgan fingerprint density at radius 2 is 2.00 bits per heavy atom. The number of hydrogen-bond donors (Lipinski definition) is 2. The molecule has 0 aromatic carbocycles. The van der Waals surface area contributed by atoms with E-state index in [1.54, 1.807) is 4.90 Å². The fourth-order valence-corrected chi connectivity index (χ4v) is 2.47. The second kappa shape index (κ2) is 6.96. The molecule has 1 unspecified atom stereocenters. The van der Waals surface area contributed by atoms with Gasteiger partial charge in [0.15, 0.2) is 0 Å². The summed E-state index contributed by atoms with van der Waals surface area (Å²) in [5.74, 6) is -0.750. The van der Waals surface area contributed by atoms with E-state index in [0.717, 1.165) is 6.42 Å². The maximum absolute atomic E-state index is 12.2. The lowest BCUT2D eigenvalue weighted by Crippen LogP contribution is -2.49. The Hall–Kier alpha value is -1.52. The van der Waals surface area contributed by atoms with E-state index in [1.807, 2.05) is 13.8 Å². The van der Waals surface area contributed by atoms with Crippen LogP contribution in [0.1, 0.15) is 47.5 Å². The molecule has 1 aliphatic rings. The second-order valence-corrected chi connectivity index (χ2v) is 7.15. The molecule has 1 aliphatic heterocycles. The van der Waals surface area contributed by atoms with Gasteiger partial charge in [-0.3, -0.25) is 0 Å². The lowest BCUT2D eigenvalue weighted by molar-refractivity contribution is -0.139. The molecular formula is C16H28N2O3. The number of nitrogens with zero attached hydrogens (tertiary/aromatic N) is 1. The molecular weight excluding hydrogens is 268 g/mol. The van der Waals surface area contributed by atoms with Crippen LogP contribution in [0.25, 0.3) is 0 Å². The summed E-state index contributed by atoms with van der Waals surface area (Å²) in [6.45, 7) is 11.6. The van der Waals surface area contributed by atoms with E-state index in [-0.39, 0.29) is 17.4 Å². The van der Waals surface area contributed by atoms with Crippen molar-refractivity contribution in [3.63, 3.8) is 0 Å². The number of carboxylic acids is 1. The minimum atomic E-state index is -0.972. The summed E-state index contributed by atoms with van der Waals surface area (Å²) >= 11 is 0. The Morgan fingerprint density at radius 3 is 2.38 bits per heavy atom. The Labute approximate surface area is 127 Å². The highest BCUT2D eigenvalue weighted by atomic mass is 16.4. The smallest absolute Gasteiger partial charge is 0.326 e. The standard InChI is InChI=1S/C16H28N2O3/c1-11(2)10-13(14(19)20)17-15(21)18-8-6-12(7-9-18)16(3,4)5/h6,11,13H,7-10H2,1-5H3,(H,17,21)(H,19,20). The van der Waals surface area contributed by atoms with Crippen molar-refractivity contribution in [1.29, 1.82) is 0 Å². The Balaban J connectivity index is 2.61. The van der Waals surface area contributed by atoms with Crippen LogP contribution >= 0.6 is 0 Å². The lowest BCUT2D eigenvalue weighted by Gasteiger charge is -2.33. The minimum absolute atomic E-state index is 0.129. The van der Waals surface area contributed by atoms with E-state index in [1.165, 1.54) is 5.57 Å². The average Bonchev–Trinajstić information content (AvgIpc) is 2.36. The van der Waals surface area contributed by atoms with Crippen molar-refractivity contribution in [3.8, 4) is 0 Å². The Kier molecular flexibility index (Phi) is 5.81. The molecule has 5 heteroatoms. The van der Waals surface area contributed by atoms with Gasteiger partial charge in [0.1, 0.15) is 6.04 Å². The van der Waals surface area contributed by atoms with Crippen LogP contribution in [0.15, 0.2) is 11.6 Å². The molecule has 0 aromatic rings. The Morgan fingerprint density at radius 1 is 1.38 bits per heavy atom. The number of carbonyl (C=O) groups is 2. The van der Waals surface area contributed by atoms with Crippen molar-refractivity contribution in [2.24, 2.45) is 11.3 Å². The molecule has 0 fully saturated rings. The van der Waals surface area contributed by atoms with Gasteiger partial charge in [-0.2, -0.15) is 0 Å². The van der Waals surface area contributed by atoms with Gasteiger partial charge in [-0.05, 0) is 24.2 Å². The van der Waals surface area contributed by atoms with Gasteiger partial charge in [-0.1, -0.05) is 46.3 Å². The normalized spacial score (nSPS) is 17.4. The van der Waals surface area contributed by atoms with Crippen LogP contribution in [0.5, 0.6) is 0 Å². The van der Waals surface area contributed by atoms with Crippen LogP contribution in [0, 0.1) is 11.3 Å². The van der Waals surface area contributed by atoms with Crippen molar-refractivity contribution < 1.29 is 14.7 Å². The number of carboxylic acid groups (broad SMARTS) is 1. The van der Waals surface area contributed by atoms with E-state index >= 15 is 0 Å². The van der Waals surface area contributed by atoms with Crippen LogP contribution in [0.4, 0.5) is 4.79 Å². The number of carbonyl (C=O) groups excluding carboxylic acids is 1. The second-order valence-electron chi connectivity index (χ2n) is 7.15. The number of amides is 2. The maximum atomic E-state index is 12.2. The average molecular weight is 296 g/mol. The van der Waals surface area contributed by atoms with Gasteiger partial charge in [0.2, 0.25) is 0 Å². The maximum Gasteiger partial charge on any atom is 0.326 e. The molecule has 21 heavy (non-hydrogen) atoms. The summed E-state index contributed by atoms with van der Waals surface area (Å²) in [4.78, 5) is 25.0. The first-order valence-corrected chi connectivity index (χ1v) is 7.59. The largest absolute Gasteiger partial charge is 0.480 e. The molecule has 2 N–H and O–H groups in total. The lowest BCUT2D eigenvalue weighted by atomic mass is 9.83. The van der Waals surface area contributed by atoms with Crippen molar-refractivity contribution in [2.75, 3.05) is 13.1 Å². The topological polar surface area (TPSA) is 69.6 Å². The monoisotopic (exact) mass is 296 g/mol. The third-order valence-corrected chi connectivity index (χ3v) is 3.76. The van der Waals surface area contributed by atoms with Gasteiger partial charge >= 0.3 is 12.0 Å². The highest BCUT2D eigenvalue weighted by molar-refractivity contribution is 5.82. The molecule has 0 aromatic heterocycles. The SMILES string of the molecule is CC(C)CC(NC(=O)N1CC=C(C(C)(C)C)CC1)C(=O)O. The highest BCUT2D eigenvalue weighted by Gasteiger charge is 2.27. The zero-order valence-electron chi connectivity index (χ0n) is 13.8. The molecule has 0 saturated heterocycles. The van der Waals surface area contributed by atoms with E-state index < -0.39 is 12.0 Å². The van der Waals surface area contributed by atoms with E-state index in [9.17, 15) is 14.7 Å². The first-order chi connectivity index (χ1) is 9.61. The first kappa shape index (κ1) is 17.5. The zero-order chi connectivity index (χ0) is 16.2. The number of aliphatic carboxylic acids is 1. The van der Waals surface area contributed by atoms with Gasteiger partial charge in [0.25, 0.3) is 0 Å². The highest BCUT2D eigenvalue weighted by Crippen LogP contribution is 2.30. The molecule has 0 radical (unpaired) electrons. The van der Waals surface area contributed by atoms with E-state index in [4.69, 9.17) is 0 Å². The van der Waals surface area contributed by atoms with Crippen LogP contribution in [-0.4, -0.2) is 41.1 Å². The quantitative estimate of drug-likeness (QED) is 0.784. The molecule has 1 heterocycles. The van der Waals surface area contributed by atoms with Crippen molar-refractivity contribution in [1.82, 2.24) is 10.2 Å². The van der Waals surface area contributed by atoms with Crippen LogP contribution < -0.4 is 5.32 Å². The fourth-order valence-electron chi connectivity index (χ4n) is 2.47. The molecule has 5 nitrogen and oxygen atoms in total. The molecule has 2 amide bonds. The fraction of sp³-hybridized carbons (Fsp3) is 0.750. The predicted molar refractivity (Wildman–Crippen MR) is 83.1 cm³/mol. The number of hydrogen-bond acceptors (Lipinski definition) is 2. The minimum Gasteiger partial charge on any atom is -0.480 e. The van der Waals surface area contributed by atoms with Gasteiger partial charge in [0.05, 0.1) is 0 Å². The molecule has 0 spiro atoms. The zero-order valence-corrected chi connectivity index (χ0v) is 13.8. The van der Waals surface area contributed by atoms with Gasteiger partial charge in [-0.15, -0.1) is 0 Å². The summed E-state index contributed by atoms with van der Waals surface area (Å²) < 4.78 is 0. The molecule has 0 bridgehead atoms. The van der Waals surface area contributed by atoms with Crippen LogP contribution in [0.2, 0.25) is 0 Å². The van der Waals surface area contributed by atoms with Crippen LogP contribution in [-0.2, 0) is 4.79 Å². The number of nitrogens with one attached hydrogen (secondary N) is 1.